The van der Waals surface area contributed by atoms with Gasteiger partial charge >= 0.3 is 5.97 Å². The van der Waals surface area contributed by atoms with E-state index in [0.717, 1.165) is 18.7 Å². The van der Waals surface area contributed by atoms with Crippen LogP contribution in [0.15, 0.2) is 6.20 Å². The van der Waals surface area contributed by atoms with Crippen LogP contribution in [0.1, 0.15) is 50.2 Å². The molecule has 1 amide bonds. The lowest BCUT2D eigenvalue weighted by molar-refractivity contribution is -0.140. The summed E-state index contributed by atoms with van der Waals surface area (Å²) in [7, 11) is 0. The summed E-state index contributed by atoms with van der Waals surface area (Å²) in [5.41, 5.74) is 1.20. The van der Waals surface area contributed by atoms with Gasteiger partial charge in [-0.1, -0.05) is 27.7 Å². The highest BCUT2D eigenvalue weighted by molar-refractivity contribution is 5.97. The second kappa shape index (κ2) is 7.24. The molecule has 0 radical (unpaired) electrons. The van der Waals surface area contributed by atoms with Crippen LogP contribution < -0.4 is 5.32 Å². The van der Waals surface area contributed by atoms with Gasteiger partial charge in [0.15, 0.2) is 0 Å². The van der Waals surface area contributed by atoms with Crippen molar-refractivity contribution in [3.05, 3.63) is 17.5 Å². The number of carboxylic acid groups (broad SMARTS) is 1. The molecule has 6 nitrogen and oxygen atoms in total. The minimum absolute atomic E-state index is 0.178. The van der Waals surface area contributed by atoms with E-state index in [4.69, 9.17) is 5.11 Å². The molecule has 6 heteroatoms. The fourth-order valence-electron chi connectivity index (χ4n) is 2.01. The fourth-order valence-corrected chi connectivity index (χ4v) is 2.01. The maximum atomic E-state index is 12.2. The Morgan fingerprint density at radius 1 is 1.33 bits per heavy atom. The van der Waals surface area contributed by atoms with Gasteiger partial charge in [-0.3, -0.25) is 9.48 Å². The third-order valence-corrected chi connectivity index (χ3v) is 3.49. The Bertz CT molecular complexity index is 506. The van der Waals surface area contributed by atoms with E-state index < -0.39 is 12.0 Å². The Labute approximate surface area is 125 Å². The number of rotatable bonds is 7. The number of nitrogens with one attached hydrogen (secondary N) is 1. The van der Waals surface area contributed by atoms with Crippen LogP contribution in [0.25, 0.3) is 0 Å². The molecule has 0 saturated carbocycles. The summed E-state index contributed by atoms with van der Waals surface area (Å²) in [6.07, 6.45) is 2.48. The summed E-state index contributed by atoms with van der Waals surface area (Å²) >= 11 is 0. The number of nitrogens with zero attached hydrogens (tertiary/aromatic N) is 2. The van der Waals surface area contributed by atoms with Crippen molar-refractivity contribution >= 4 is 11.9 Å². The van der Waals surface area contributed by atoms with Crippen molar-refractivity contribution in [2.75, 3.05) is 0 Å². The molecule has 0 aliphatic carbocycles. The van der Waals surface area contributed by atoms with Crippen molar-refractivity contribution in [3.8, 4) is 0 Å². The van der Waals surface area contributed by atoms with E-state index in [0.29, 0.717) is 11.5 Å². The number of hydrogen-bond donors (Lipinski definition) is 2. The van der Waals surface area contributed by atoms with Crippen LogP contribution >= 0.6 is 0 Å². The van der Waals surface area contributed by atoms with Crippen LogP contribution in [-0.2, 0) is 11.3 Å². The van der Waals surface area contributed by atoms with Crippen molar-refractivity contribution in [2.45, 2.75) is 53.6 Å². The number of carbonyl (C=O) groups is 2. The quantitative estimate of drug-likeness (QED) is 0.806. The minimum atomic E-state index is -1.02. The van der Waals surface area contributed by atoms with Gasteiger partial charge in [-0.05, 0) is 25.2 Å². The third kappa shape index (κ3) is 4.58. The molecular formula is C15H25N3O3. The number of carbonyl (C=O) groups excluding carboxylic acids is 1. The second-order valence-corrected chi connectivity index (χ2v) is 6.08. The molecule has 1 rings (SSSR count). The fraction of sp³-hybridized carbons (Fsp3) is 0.667. The molecule has 118 valence electrons. The lowest BCUT2D eigenvalue weighted by Gasteiger charge is -2.17. The van der Waals surface area contributed by atoms with Crippen LogP contribution in [0.4, 0.5) is 0 Å². The van der Waals surface area contributed by atoms with Gasteiger partial charge in [0.05, 0.1) is 11.8 Å². The lowest BCUT2D eigenvalue weighted by atomic mass is 10.0. The Hall–Kier alpha value is -1.85. The first-order valence-electron chi connectivity index (χ1n) is 7.30. The summed E-state index contributed by atoms with van der Waals surface area (Å²) in [5.74, 6) is -1.03. The van der Waals surface area contributed by atoms with Gasteiger partial charge in [-0.25, -0.2) is 4.79 Å². The summed E-state index contributed by atoms with van der Waals surface area (Å²) in [6.45, 7) is 10.4. The topological polar surface area (TPSA) is 84.2 Å². The maximum Gasteiger partial charge on any atom is 0.326 e. The van der Waals surface area contributed by atoms with Crippen molar-refractivity contribution in [2.24, 2.45) is 11.8 Å². The van der Waals surface area contributed by atoms with Crippen LogP contribution in [-0.4, -0.2) is 32.8 Å². The number of aliphatic carboxylic acids is 1. The largest absolute Gasteiger partial charge is 0.480 e. The molecule has 1 aromatic rings. The Morgan fingerprint density at radius 2 is 1.95 bits per heavy atom. The highest BCUT2D eigenvalue weighted by Crippen LogP contribution is 2.11. The Morgan fingerprint density at radius 3 is 2.43 bits per heavy atom. The number of hydrogen-bond acceptors (Lipinski definition) is 3. The molecule has 0 saturated heterocycles. The number of aryl methyl sites for hydroxylation is 1. The average molecular weight is 295 g/mol. The molecule has 0 fully saturated rings. The molecule has 1 atom stereocenters. The first-order chi connectivity index (χ1) is 9.73. The van der Waals surface area contributed by atoms with Crippen LogP contribution in [0, 0.1) is 18.8 Å². The van der Waals surface area contributed by atoms with E-state index in [9.17, 15) is 9.59 Å². The number of carboxylic acids is 1. The van der Waals surface area contributed by atoms with E-state index in [-0.39, 0.29) is 11.8 Å². The predicted octanol–water partition coefficient (Wildman–Crippen LogP) is 2.08. The van der Waals surface area contributed by atoms with Gasteiger partial charge in [-0.15, -0.1) is 0 Å². The molecule has 1 heterocycles. The summed E-state index contributed by atoms with van der Waals surface area (Å²) in [6, 6.07) is -0.893. The zero-order valence-corrected chi connectivity index (χ0v) is 13.4. The molecule has 0 spiro atoms. The maximum absolute atomic E-state index is 12.2. The number of amides is 1. The van der Waals surface area contributed by atoms with E-state index in [1.165, 1.54) is 6.20 Å². The van der Waals surface area contributed by atoms with Crippen molar-refractivity contribution in [1.82, 2.24) is 15.1 Å². The Kier molecular flexibility index (Phi) is 5.93. The highest BCUT2D eigenvalue weighted by Gasteiger charge is 2.25. The monoisotopic (exact) mass is 295 g/mol. The van der Waals surface area contributed by atoms with Crippen LogP contribution in [0.5, 0.6) is 0 Å². The first-order valence-corrected chi connectivity index (χ1v) is 7.30. The van der Waals surface area contributed by atoms with Gasteiger partial charge < -0.3 is 10.4 Å². The summed E-state index contributed by atoms with van der Waals surface area (Å²) < 4.78 is 1.79. The summed E-state index contributed by atoms with van der Waals surface area (Å²) in [4.78, 5) is 23.3. The highest BCUT2D eigenvalue weighted by atomic mass is 16.4. The van der Waals surface area contributed by atoms with Gasteiger partial charge in [0.25, 0.3) is 5.91 Å². The van der Waals surface area contributed by atoms with Gasteiger partial charge in [-0.2, -0.15) is 5.10 Å². The van der Waals surface area contributed by atoms with Gasteiger partial charge in [0.2, 0.25) is 0 Å². The molecule has 0 bridgehead atoms. The molecule has 2 N–H and O–H groups in total. The third-order valence-electron chi connectivity index (χ3n) is 3.49. The SMILES string of the molecule is Cc1c(C(=O)N[C@H](C(=O)O)C(C)C)cnn1CCC(C)C. The normalized spacial score (nSPS) is 12.7. The first kappa shape index (κ1) is 17.2. The van der Waals surface area contributed by atoms with Crippen LogP contribution in [0.2, 0.25) is 0 Å². The summed E-state index contributed by atoms with van der Waals surface area (Å²) in [5, 5.41) is 15.9. The Balaban J connectivity index is 2.81. The van der Waals surface area contributed by atoms with Crippen molar-refractivity contribution in [1.29, 1.82) is 0 Å². The van der Waals surface area contributed by atoms with Crippen molar-refractivity contribution in [3.63, 3.8) is 0 Å². The zero-order chi connectivity index (χ0) is 16.2. The van der Waals surface area contributed by atoms with E-state index in [1.807, 2.05) is 6.92 Å². The molecule has 1 aromatic heterocycles. The van der Waals surface area contributed by atoms with E-state index in [1.54, 1.807) is 18.5 Å². The standard InChI is InChI=1S/C15H25N3O3/c1-9(2)6-7-18-11(5)12(8-16-18)14(19)17-13(10(3)4)15(20)21/h8-10,13H,6-7H2,1-5H3,(H,17,19)(H,20,21)/t13-/m0/s1. The van der Waals surface area contributed by atoms with Crippen molar-refractivity contribution < 1.29 is 14.7 Å². The number of aromatic nitrogens is 2. The lowest BCUT2D eigenvalue weighted by Crippen LogP contribution is -2.44. The smallest absolute Gasteiger partial charge is 0.326 e. The predicted molar refractivity (Wildman–Crippen MR) is 80.1 cm³/mol. The molecule has 0 aliphatic rings. The molecule has 0 aliphatic heterocycles. The molecule has 0 unspecified atom stereocenters. The van der Waals surface area contributed by atoms with E-state index in [2.05, 4.69) is 24.3 Å². The molecule has 21 heavy (non-hydrogen) atoms. The van der Waals surface area contributed by atoms with Gasteiger partial charge in [0.1, 0.15) is 6.04 Å². The molecule has 0 aromatic carbocycles. The van der Waals surface area contributed by atoms with Gasteiger partial charge in [0, 0.05) is 12.2 Å². The zero-order valence-electron chi connectivity index (χ0n) is 13.4. The van der Waals surface area contributed by atoms with E-state index >= 15 is 0 Å². The average Bonchev–Trinajstić information content (AvgIpc) is 2.73. The second-order valence-electron chi connectivity index (χ2n) is 6.08. The minimum Gasteiger partial charge on any atom is -0.480 e. The van der Waals surface area contributed by atoms with Crippen LogP contribution in [0.3, 0.4) is 0 Å². The molecular weight excluding hydrogens is 270 g/mol.